The Bertz CT molecular complexity index is 638. The molecular formula is C20H25NO2. The van der Waals surface area contributed by atoms with Crippen LogP contribution in [0, 0.1) is 6.92 Å². The largest absolute Gasteiger partial charge is 0.496 e. The fourth-order valence-electron chi connectivity index (χ4n) is 3.39. The fourth-order valence-corrected chi connectivity index (χ4v) is 3.39. The second-order valence-corrected chi connectivity index (χ2v) is 6.41. The zero-order valence-corrected chi connectivity index (χ0v) is 13.9. The first-order valence-corrected chi connectivity index (χ1v) is 8.27. The second kappa shape index (κ2) is 7.16. The Morgan fingerprint density at radius 2 is 1.91 bits per heavy atom. The highest BCUT2D eigenvalue weighted by molar-refractivity contribution is 5.37. The maximum Gasteiger partial charge on any atom is 0.122 e. The molecule has 0 aromatic heterocycles. The molecule has 1 heterocycles. The van der Waals surface area contributed by atoms with Gasteiger partial charge < -0.3 is 9.84 Å². The van der Waals surface area contributed by atoms with Gasteiger partial charge in [-0.25, -0.2) is 0 Å². The highest BCUT2D eigenvalue weighted by Crippen LogP contribution is 2.33. The van der Waals surface area contributed by atoms with Crippen LogP contribution in [0.15, 0.2) is 48.5 Å². The molecule has 1 N–H and O–H groups in total. The molecule has 1 fully saturated rings. The van der Waals surface area contributed by atoms with E-state index in [1.807, 2.05) is 24.3 Å². The molecule has 1 aliphatic rings. The van der Waals surface area contributed by atoms with Crippen LogP contribution in [0.25, 0.3) is 0 Å². The number of rotatable bonds is 5. The van der Waals surface area contributed by atoms with Crippen LogP contribution in [0.4, 0.5) is 0 Å². The fraction of sp³-hybridized carbons (Fsp3) is 0.400. The molecule has 2 aromatic carbocycles. The van der Waals surface area contributed by atoms with Crippen molar-refractivity contribution in [3.63, 3.8) is 0 Å². The van der Waals surface area contributed by atoms with Crippen molar-refractivity contribution >= 4 is 0 Å². The van der Waals surface area contributed by atoms with E-state index in [1.165, 1.54) is 11.1 Å². The van der Waals surface area contributed by atoms with Gasteiger partial charge in [0.2, 0.25) is 0 Å². The molecule has 1 saturated heterocycles. The van der Waals surface area contributed by atoms with Gasteiger partial charge in [0.1, 0.15) is 5.75 Å². The van der Waals surface area contributed by atoms with E-state index in [9.17, 15) is 5.11 Å². The monoisotopic (exact) mass is 311 g/mol. The minimum absolute atomic E-state index is 0.424. The predicted octanol–water partition coefficient (Wildman–Crippen LogP) is 3.53. The van der Waals surface area contributed by atoms with Gasteiger partial charge >= 0.3 is 0 Å². The Morgan fingerprint density at radius 3 is 2.65 bits per heavy atom. The van der Waals surface area contributed by atoms with E-state index < -0.39 is 6.10 Å². The van der Waals surface area contributed by atoms with Crippen LogP contribution in [0.5, 0.6) is 5.75 Å². The quantitative estimate of drug-likeness (QED) is 0.917. The summed E-state index contributed by atoms with van der Waals surface area (Å²) >= 11 is 0. The summed E-state index contributed by atoms with van der Waals surface area (Å²) in [5.74, 6) is 1.45. The van der Waals surface area contributed by atoms with Crippen LogP contribution in [0.2, 0.25) is 0 Å². The number of hydrogen-bond acceptors (Lipinski definition) is 3. The maximum atomic E-state index is 10.5. The van der Waals surface area contributed by atoms with E-state index in [4.69, 9.17) is 4.74 Å². The third-order valence-electron chi connectivity index (χ3n) is 4.74. The molecule has 0 bridgehead atoms. The summed E-state index contributed by atoms with van der Waals surface area (Å²) < 4.78 is 5.49. The molecule has 0 spiro atoms. The Balaban J connectivity index is 1.62. The van der Waals surface area contributed by atoms with Crippen molar-refractivity contribution in [1.29, 1.82) is 0 Å². The third-order valence-corrected chi connectivity index (χ3v) is 4.74. The number of nitrogens with zero attached hydrogens (tertiary/aromatic N) is 1. The summed E-state index contributed by atoms with van der Waals surface area (Å²) in [5.41, 5.74) is 3.50. The van der Waals surface area contributed by atoms with Crippen molar-refractivity contribution in [1.82, 2.24) is 4.90 Å². The van der Waals surface area contributed by atoms with Gasteiger partial charge in [0, 0.05) is 19.0 Å². The lowest BCUT2D eigenvalue weighted by Crippen LogP contribution is -2.26. The topological polar surface area (TPSA) is 32.7 Å². The van der Waals surface area contributed by atoms with Crippen LogP contribution in [0.3, 0.4) is 0 Å². The van der Waals surface area contributed by atoms with Crippen molar-refractivity contribution in [3.8, 4) is 5.75 Å². The van der Waals surface area contributed by atoms with Gasteiger partial charge in [-0.15, -0.1) is 0 Å². The normalized spacial score (nSPS) is 19.7. The first-order valence-electron chi connectivity index (χ1n) is 8.27. The summed E-state index contributed by atoms with van der Waals surface area (Å²) in [7, 11) is 1.73. The SMILES string of the molecule is COc1ccccc1C1CCN(CC(O)c2ccc(C)cc2)C1. The van der Waals surface area contributed by atoms with Crippen LogP contribution in [0.1, 0.15) is 35.1 Å². The lowest BCUT2D eigenvalue weighted by molar-refractivity contribution is 0.125. The van der Waals surface area contributed by atoms with E-state index in [0.717, 1.165) is 30.8 Å². The Morgan fingerprint density at radius 1 is 1.17 bits per heavy atom. The van der Waals surface area contributed by atoms with Gasteiger partial charge in [-0.2, -0.15) is 0 Å². The number of hydrogen-bond donors (Lipinski definition) is 1. The van der Waals surface area contributed by atoms with Gasteiger partial charge in [-0.1, -0.05) is 48.0 Å². The number of likely N-dealkylation sites (tertiary alicyclic amines) is 1. The number of ether oxygens (including phenoxy) is 1. The summed E-state index contributed by atoms with van der Waals surface area (Å²) in [6, 6.07) is 16.4. The lowest BCUT2D eigenvalue weighted by atomic mass is 9.97. The van der Waals surface area contributed by atoms with E-state index in [-0.39, 0.29) is 0 Å². The lowest BCUT2D eigenvalue weighted by Gasteiger charge is -2.21. The maximum absolute atomic E-state index is 10.5. The molecule has 2 aromatic rings. The van der Waals surface area contributed by atoms with Crippen molar-refractivity contribution in [2.24, 2.45) is 0 Å². The third kappa shape index (κ3) is 3.74. The summed E-state index contributed by atoms with van der Waals surface area (Å²) in [5, 5.41) is 10.5. The molecule has 23 heavy (non-hydrogen) atoms. The number of aliphatic hydroxyl groups is 1. The number of para-hydroxylation sites is 1. The van der Waals surface area contributed by atoms with E-state index >= 15 is 0 Å². The second-order valence-electron chi connectivity index (χ2n) is 6.41. The van der Waals surface area contributed by atoms with Crippen molar-refractivity contribution in [2.75, 3.05) is 26.7 Å². The number of methoxy groups -OCH3 is 1. The van der Waals surface area contributed by atoms with Crippen LogP contribution >= 0.6 is 0 Å². The zero-order valence-electron chi connectivity index (χ0n) is 13.9. The van der Waals surface area contributed by atoms with Gasteiger partial charge in [-0.3, -0.25) is 4.90 Å². The smallest absolute Gasteiger partial charge is 0.122 e. The average molecular weight is 311 g/mol. The summed E-state index contributed by atoms with van der Waals surface area (Å²) in [4.78, 5) is 2.35. The van der Waals surface area contributed by atoms with E-state index in [0.29, 0.717) is 12.5 Å². The molecular weight excluding hydrogens is 286 g/mol. The Kier molecular flexibility index (Phi) is 4.99. The van der Waals surface area contributed by atoms with E-state index in [1.54, 1.807) is 7.11 Å². The number of aliphatic hydroxyl groups excluding tert-OH is 1. The Hall–Kier alpha value is -1.84. The highest BCUT2D eigenvalue weighted by Gasteiger charge is 2.27. The number of β-amino-alcohol motifs (C(OH)–C–C–N with tert-alkyl or cyclic N) is 1. The summed E-state index contributed by atoms with van der Waals surface area (Å²) in [6.07, 6.45) is 0.688. The molecule has 0 saturated carbocycles. The van der Waals surface area contributed by atoms with Crippen LogP contribution < -0.4 is 4.74 Å². The average Bonchev–Trinajstić information content (AvgIpc) is 3.03. The molecule has 3 heteroatoms. The van der Waals surface area contributed by atoms with Crippen molar-refractivity contribution in [3.05, 3.63) is 65.2 Å². The van der Waals surface area contributed by atoms with E-state index in [2.05, 4.69) is 36.1 Å². The Labute approximate surface area is 138 Å². The molecule has 0 radical (unpaired) electrons. The van der Waals surface area contributed by atoms with Gasteiger partial charge in [0.25, 0.3) is 0 Å². The number of aryl methyl sites for hydroxylation is 1. The minimum Gasteiger partial charge on any atom is -0.496 e. The van der Waals surface area contributed by atoms with Crippen molar-refractivity contribution in [2.45, 2.75) is 25.4 Å². The standard InChI is InChI=1S/C20H25NO2/c1-15-7-9-16(10-8-15)19(22)14-21-12-11-17(13-21)18-5-3-4-6-20(18)23-2/h3-10,17,19,22H,11-14H2,1-2H3. The van der Waals surface area contributed by atoms with Crippen LogP contribution in [-0.4, -0.2) is 36.8 Å². The van der Waals surface area contributed by atoms with Crippen LogP contribution in [-0.2, 0) is 0 Å². The number of benzene rings is 2. The van der Waals surface area contributed by atoms with Crippen molar-refractivity contribution < 1.29 is 9.84 Å². The molecule has 0 amide bonds. The minimum atomic E-state index is -0.424. The molecule has 1 aliphatic heterocycles. The summed E-state index contributed by atoms with van der Waals surface area (Å²) in [6.45, 7) is 4.75. The molecule has 122 valence electrons. The first-order chi connectivity index (χ1) is 11.2. The first kappa shape index (κ1) is 16.0. The molecule has 3 nitrogen and oxygen atoms in total. The highest BCUT2D eigenvalue weighted by atomic mass is 16.5. The molecule has 2 unspecified atom stereocenters. The molecule has 0 aliphatic carbocycles. The van der Waals surface area contributed by atoms with Gasteiger partial charge in [0.15, 0.2) is 0 Å². The molecule has 2 atom stereocenters. The molecule has 3 rings (SSSR count). The van der Waals surface area contributed by atoms with Gasteiger partial charge in [-0.05, 0) is 37.1 Å². The predicted molar refractivity (Wildman–Crippen MR) is 92.9 cm³/mol. The van der Waals surface area contributed by atoms with Gasteiger partial charge in [0.05, 0.1) is 13.2 Å². The zero-order chi connectivity index (χ0) is 16.2.